The lowest BCUT2D eigenvalue weighted by Crippen LogP contribution is -2.06. The molecule has 88 valence electrons. The number of hydrogen-bond donors (Lipinski definition) is 1. The van der Waals surface area contributed by atoms with E-state index in [2.05, 4.69) is 9.97 Å². The van der Waals surface area contributed by atoms with E-state index in [0.717, 1.165) is 17.0 Å². The number of H-pyrrole nitrogens is 1. The van der Waals surface area contributed by atoms with Gasteiger partial charge in [-0.2, -0.15) is 0 Å². The lowest BCUT2D eigenvalue weighted by atomic mass is 10.1. The number of aromatic nitrogens is 2. The monoisotopic (exact) mass is 230 g/mol. The molecule has 0 radical (unpaired) electrons. The minimum atomic E-state index is -0.419. The third kappa shape index (κ3) is 2.36. The van der Waals surface area contributed by atoms with Crippen LogP contribution in [0, 0.1) is 6.92 Å². The standard InChI is InChI=1S/C13H14N2O2/c1-3-17-13(16)12-14-9(2)11(15-12)10-7-5-4-6-8-10/h4-8H,3H2,1-2H3,(H,14,15). The van der Waals surface area contributed by atoms with Gasteiger partial charge in [0.15, 0.2) is 0 Å². The molecular weight excluding hydrogens is 216 g/mol. The second kappa shape index (κ2) is 4.82. The van der Waals surface area contributed by atoms with Gasteiger partial charge in [0.05, 0.1) is 12.3 Å². The van der Waals surface area contributed by atoms with E-state index < -0.39 is 5.97 Å². The largest absolute Gasteiger partial charge is 0.460 e. The molecule has 2 aromatic rings. The van der Waals surface area contributed by atoms with Gasteiger partial charge in [0, 0.05) is 11.3 Å². The highest BCUT2D eigenvalue weighted by Gasteiger charge is 2.15. The summed E-state index contributed by atoms with van der Waals surface area (Å²) >= 11 is 0. The Kier molecular flexibility index (Phi) is 3.23. The number of carbonyl (C=O) groups is 1. The van der Waals surface area contributed by atoms with Crippen molar-refractivity contribution in [2.24, 2.45) is 0 Å². The molecule has 0 saturated carbocycles. The molecule has 17 heavy (non-hydrogen) atoms. The van der Waals surface area contributed by atoms with Crippen molar-refractivity contribution in [2.75, 3.05) is 6.61 Å². The fraction of sp³-hybridized carbons (Fsp3) is 0.231. The van der Waals surface area contributed by atoms with Gasteiger partial charge in [-0.15, -0.1) is 0 Å². The van der Waals surface area contributed by atoms with Crippen molar-refractivity contribution >= 4 is 5.97 Å². The summed E-state index contributed by atoms with van der Waals surface area (Å²) in [6, 6.07) is 9.73. The summed E-state index contributed by atoms with van der Waals surface area (Å²) in [5.41, 5.74) is 2.63. The minimum Gasteiger partial charge on any atom is -0.460 e. The Bertz CT molecular complexity index is 517. The van der Waals surface area contributed by atoms with Crippen LogP contribution in [0.15, 0.2) is 30.3 Å². The Labute approximate surface area is 99.7 Å². The molecule has 0 aliphatic rings. The summed E-state index contributed by atoms with van der Waals surface area (Å²) in [5, 5.41) is 0. The van der Waals surface area contributed by atoms with Crippen LogP contribution in [0.3, 0.4) is 0 Å². The molecule has 0 atom stereocenters. The maximum Gasteiger partial charge on any atom is 0.374 e. The van der Waals surface area contributed by atoms with Crippen LogP contribution in [0.25, 0.3) is 11.3 Å². The van der Waals surface area contributed by atoms with Gasteiger partial charge in [-0.25, -0.2) is 9.78 Å². The van der Waals surface area contributed by atoms with Crippen molar-refractivity contribution in [2.45, 2.75) is 13.8 Å². The van der Waals surface area contributed by atoms with E-state index in [1.165, 1.54) is 0 Å². The molecule has 0 bridgehead atoms. The minimum absolute atomic E-state index is 0.253. The summed E-state index contributed by atoms with van der Waals surface area (Å²) in [6.45, 7) is 4.00. The van der Waals surface area contributed by atoms with Crippen LogP contribution in [-0.4, -0.2) is 22.5 Å². The van der Waals surface area contributed by atoms with E-state index in [0.29, 0.717) is 6.61 Å². The molecule has 0 aliphatic heterocycles. The van der Waals surface area contributed by atoms with E-state index in [9.17, 15) is 4.79 Å². The molecular formula is C13H14N2O2. The second-order valence-electron chi connectivity index (χ2n) is 3.65. The maximum atomic E-state index is 11.5. The molecule has 0 aliphatic carbocycles. The molecule has 1 heterocycles. The summed E-state index contributed by atoms with van der Waals surface area (Å²) in [6.07, 6.45) is 0. The molecule has 4 nitrogen and oxygen atoms in total. The Balaban J connectivity index is 2.35. The van der Waals surface area contributed by atoms with Gasteiger partial charge in [0.25, 0.3) is 0 Å². The quantitative estimate of drug-likeness (QED) is 0.824. The van der Waals surface area contributed by atoms with Crippen molar-refractivity contribution in [3.8, 4) is 11.3 Å². The number of ether oxygens (including phenoxy) is 1. The first-order chi connectivity index (χ1) is 8.22. The van der Waals surface area contributed by atoms with Crippen LogP contribution in [0.2, 0.25) is 0 Å². The molecule has 0 unspecified atom stereocenters. The topological polar surface area (TPSA) is 55.0 Å². The molecule has 0 saturated heterocycles. The van der Waals surface area contributed by atoms with Crippen LogP contribution >= 0.6 is 0 Å². The predicted molar refractivity (Wildman–Crippen MR) is 64.7 cm³/mol. The van der Waals surface area contributed by atoms with Crippen molar-refractivity contribution in [1.82, 2.24) is 9.97 Å². The van der Waals surface area contributed by atoms with Gasteiger partial charge in [-0.05, 0) is 13.8 Å². The molecule has 0 amide bonds. The lowest BCUT2D eigenvalue weighted by Gasteiger charge is -1.97. The lowest BCUT2D eigenvalue weighted by molar-refractivity contribution is 0.0513. The number of nitrogens with zero attached hydrogens (tertiary/aromatic N) is 1. The molecule has 4 heteroatoms. The van der Waals surface area contributed by atoms with Gasteiger partial charge in [0.1, 0.15) is 0 Å². The SMILES string of the molecule is CCOC(=O)c1nc(-c2ccccc2)c(C)[nH]1. The van der Waals surface area contributed by atoms with Crippen molar-refractivity contribution in [1.29, 1.82) is 0 Å². The number of hydrogen-bond acceptors (Lipinski definition) is 3. The highest BCUT2D eigenvalue weighted by molar-refractivity contribution is 5.86. The second-order valence-corrected chi connectivity index (χ2v) is 3.65. The number of carbonyl (C=O) groups excluding carboxylic acids is 1. The zero-order valence-electron chi connectivity index (χ0n) is 9.86. The van der Waals surface area contributed by atoms with Gasteiger partial charge < -0.3 is 9.72 Å². The predicted octanol–water partition coefficient (Wildman–Crippen LogP) is 2.56. The average Bonchev–Trinajstić information content (AvgIpc) is 2.73. The zero-order valence-corrected chi connectivity index (χ0v) is 9.86. The van der Waals surface area contributed by atoms with Crippen LogP contribution in [0.1, 0.15) is 23.2 Å². The molecule has 0 spiro atoms. The van der Waals surface area contributed by atoms with Crippen molar-refractivity contribution < 1.29 is 9.53 Å². The van der Waals surface area contributed by atoms with Gasteiger partial charge in [-0.1, -0.05) is 30.3 Å². The average molecular weight is 230 g/mol. The Hall–Kier alpha value is -2.10. The highest BCUT2D eigenvalue weighted by Crippen LogP contribution is 2.20. The number of nitrogens with one attached hydrogen (secondary N) is 1. The van der Waals surface area contributed by atoms with E-state index in [-0.39, 0.29) is 5.82 Å². The van der Waals surface area contributed by atoms with E-state index in [1.54, 1.807) is 6.92 Å². The fourth-order valence-electron chi connectivity index (χ4n) is 1.63. The van der Waals surface area contributed by atoms with Gasteiger partial charge >= 0.3 is 5.97 Å². The van der Waals surface area contributed by atoms with Gasteiger partial charge in [-0.3, -0.25) is 0 Å². The zero-order chi connectivity index (χ0) is 12.3. The van der Waals surface area contributed by atoms with Crippen LogP contribution in [-0.2, 0) is 4.74 Å². The molecule has 2 rings (SSSR count). The number of aryl methyl sites for hydroxylation is 1. The van der Waals surface area contributed by atoms with E-state index >= 15 is 0 Å². The number of imidazole rings is 1. The molecule has 1 N–H and O–H groups in total. The van der Waals surface area contributed by atoms with Crippen LogP contribution < -0.4 is 0 Å². The molecule has 1 aromatic heterocycles. The first-order valence-corrected chi connectivity index (χ1v) is 5.51. The van der Waals surface area contributed by atoms with E-state index in [4.69, 9.17) is 4.74 Å². The number of rotatable bonds is 3. The van der Waals surface area contributed by atoms with Crippen molar-refractivity contribution in [3.05, 3.63) is 41.9 Å². The Morgan fingerprint density at radius 3 is 2.71 bits per heavy atom. The maximum absolute atomic E-state index is 11.5. The Morgan fingerprint density at radius 2 is 2.06 bits per heavy atom. The first-order valence-electron chi connectivity index (χ1n) is 5.51. The fourth-order valence-corrected chi connectivity index (χ4v) is 1.63. The number of aromatic amines is 1. The van der Waals surface area contributed by atoms with Crippen molar-refractivity contribution in [3.63, 3.8) is 0 Å². The third-order valence-electron chi connectivity index (χ3n) is 2.40. The summed E-state index contributed by atoms with van der Waals surface area (Å²) in [7, 11) is 0. The van der Waals surface area contributed by atoms with Crippen LogP contribution in [0.5, 0.6) is 0 Å². The Morgan fingerprint density at radius 1 is 1.35 bits per heavy atom. The first kappa shape index (κ1) is 11.4. The summed E-state index contributed by atoms with van der Waals surface area (Å²) in [4.78, 5) is 18.7. The van der Waals surface area contributed by atoms with Gasteiger partial charge in [0.2, 0.25) is 5.82 Å². The third-order valence-corrected chi connectivity index (χ3v) is 2.40. The number of benzene rings is 1. The van der Waals surface area contributed by atoms with E-state index in [1.807, 2.05) is 37.3 Å². The normalized spacial score (nSPS) is 10.2. The number of esters is 1. The highest BCUT2D eigenvalue weighted by atomic mass is 16.5. The molecule has 1 aromatic carbocycles. The smallest absolute Gasteiger partial charge is 0.374 e. The van der Waals surface area contributed by atoms with Crippen LogP contribution in [0.4, 0.5) is 0 Å². The molecule has 0 fully saturated rings. The summed E-state index contributed by atoms with van der Waals surface area (Å²) < 4.78 is 4.90. The summed E-state index contributed by atoms with van der Waals surface area (Å²) in [5.74, 6) is -0.166.